The van der Waals surface area contributed by atoms with E-state index in [1.807, 2.05) is 36.4 Å². The summed E-state index contributed by atoms with van der Waals surface area (Å²) in [6.45, 7) is 6.07. The number of pyridine rings is 1. The highest BCUT2D eigenvalue weighted by molar-refractivity contribution is 5.94. The van der Waals surface area contributed by atoms with Gasteiger partial charge in [0.2, 0.25) is 0 Å². The number of carbonyl (C=O) groups is 1. The minimum Gasteiger partial charge on any atom is -0.497 e. The van der Waals surface area contributed by atoms with Crippen molar-refractivity contribution in [3.05, 3.63) is 66.4 Å². The van der Waals surface area contributed by atoms with Crippen LogP contribution in [-0.4, -0.2) is 62.2 Å². The lowest BCUT2D eigenvalue weighted by Crippen LogP contribution is -2.46. The summed E-state index contributed by atoms with van der Waals surface area (Å²) in [6.07, 6.45) is 3.26. The molecule has 0 aliphatic carbocycles. The molecule has 1 aromatic heterocycles. The highest BCUT2D eigenvalue weighted by atomic mass is 16.5. The van der Waals surface area contributed by atoms with E-state index < -0.39 is 0 Å². The zero-order valence-corrected chi connectivity index (χ0v) is 18.8. The maximum absolute atomic E-state index is 12.4. The van der Waals surface area contributed by atoms with Gasteiger partial charge < -0.3 is 15.0 Å². The average molecular weight is 433 g/mol. The molecule has 1 aliphatic rings. The van der Waals surface area contributed by atoms with Crippen molar-refractivity contribution in [2.45, 2.75) is 19.3 Å². The van der Waals surface area contributed by atoms with E-state index in [0.717, 1.165) is 68.6 Å². The van der Waals surface area contributed by atoms with Gasteiger partial charge in [0.1, 0.15) is 11.4 Å². The Morgan fingerprint density at radius 3 is 2.66 bits per heavy atom. The molecule has 3 aromatic rings. The van der Waals surface area contributed by atoms with Crippen molar-refractivity contribution in [2.75, 3.05) is 51.3 Å². The van der Waals surface area contributed by atoms with Crippen LogP contribution < -0.4 is 15.0 Å². The van der Waals surface area contributed by atoms with E-state index >= 15 is 0 Å². The van der Waals surface area contributed by atoms with Gasteiger partial charge in [-0.15, -0.1) is 0 Å². The third-order valence-electron chi connectivity index (χ3n) is 6.06. The Balaban J connectivity index is 1.11. The second-order valence-electron chi connectivity index (χ2n) is 8.24. The molecule has 1 fully saturated rings. The molecule has 6 heteroatoms. The van der Waals surface area contributed by atoms with Crippen LogP contribution in [0.25, 0.3) is 10.9 Å². The smallest absolute Gasteiger partial charge is 0.269 e. The number of fused-ring (bicyclic) bond motifs is 1. The number of unbranched alkanes of at least 4 members (excludes halogenated alkanes) is 2. The number of carbonyl (C=O) groups excluding carboxylic acids is 1. The minimum atomic E-state index is -0.0931. The molecule has 32 heavy (non-hydrogen) atoms. The number of hydrogen-bond acceptors (Lipinski definition) is 5. The molecular weight excluding hydrogens is 400 g/mol. The molecule has 0 spiro atoms. The van der Waals surface area contributed by atoms with E-state index in [9.17, 15) is 4.79 Å². The first-order valence-corrected chi connectivity index (χ1v) is 11.5. The van der Waals surface area contributed by atoms with E-state index in [1.165, 1.54) is 5.69 Å². The van der Waals surface area contributed by atoms with E-state index in [-0.39, 0.29) is 5.91 Å². The third-order valence-corrected chi connectivity index (χ3v) is 6.06. The van der Waals surface area contributed by atoms with Crippen LogP contribution in [0.5, 0.6) is 5.75 Å². The Labute approximate surface area is 190 Å². The number of amides is 1. The monoisotopic (exact) mass is 432 g/mol. The predicted octanol–water partition coefficient (Wildman–Crippen LogP) is 3.97. The second-order valence-corrected chi connectivity index (χ2v) is 8.24. The molecule has 0 unspecified atom stereocenters. The number of piperazine rings is 1. The number of ether oxygens (including phenoxy) is 1. The molecule has 0 saturated carbocycles. The van der Waals surface area contributed by atoms with Gasteiger partial charge in [0, 0.05) is 49.9 Å². The lowest BCUT2D eigenvalue weighted by molar-refractivity contribution is 0.0948. The number of benzene rings is 2. The van der Waals surface area contributed by atoms with Crippen molar-refractivity contribution in [2.24, 2.45) is 0 Å². The summed E-state index contributed by atoms with van der Waals surface area (Å²) in [7, 11) is 1.71. The van der Waals surface area contributed by atoms with Crippen LogP contribution in [0.2, 0.25) is 0 Å². The van der Waals surface area contributed by atoms with Crippen molar-refractivity contribution in [1.29, 1.82) is 0 Å². The number of para-hydroxylation sites is 1. The third kappa shape index (κ3) is 5.77. The van der Waals surface area contributed by atoms with Crippen molar-refractivity contribution in [1.82, 2.24) is 15.2 Å². The topological polar surface area (TPSA) is 57.7 Å². The fourth-order valence-electron chi connectivity index (χ4n) is 4.16. The molecule has 0 radical (unpaired) electrons. The highest BCUT2D eigenvalue weighted by Crippen LogP contribution is 2.22. The molecule has 0 bridgehead atoms. The molecule has 168 valence electrons. The van der Waals surface area contributed by atoms with Gasteiger partial charge in [-0.3, -0.25) is 9.69 Å². The van der Waals surface area contributed by atoms with Crippen molar-refractivity contribution >= 4 is 22.5 Å². The van der Waals surface area contributed by atoms with Gasteiger partial charge in [0.15, 0.2) is 0 Å². The number of anilines is 1. The Kier molecular flexibility index (Phi) is 7.56. The lowest BCUT2D eigenvalue weighted by Gasteiger charge is -2.36. The Hall–Kier alpha value is -3.12. The normalized spacial score (nSPS) is 14.5. The number of aromatic nitrogens is 1. The van der Waals surface area contributed by atoms with Crippen LogP contribution in [0, 0.1) is 0 Å². The van der Waals surface area contributed by atoms with Crippen LogP contribution in [-0.2, 0) is 0 Å². The molecule has 2 heterocycles. The predicted molar refractivity (Wildman–Crippen MR) is 130 cm³/mol. The molecule has 1 saturated heterocycles. The fraction of sp³-hybridized carbons (Fsp3) is 0.385. The number of methoxy groups -OCH3 is 1. The molecule has 1 aliphatic heterocycles. The van der Waals surface area contributed by atoms with Crippen molar-refractivity contribution < 1.29 is 9.53 Å². The summed E-state index contributed by atoms with van der Waals surface area (Å²) in [5.74, 6) is 0.817. The van der Waals surface area contributed by atoms with Crippen LogP contribution in [0.3, 0.4) is 0 Å². The maximum atomic E-state index is 12.4. The summed E-state index contributed by atoms with van der Waals surface area (Å²) >= 11 is 0. The Morgan fingerprint density at radius 2 is 1.81 bits per heavy atom. The Morgan fingerprint density at radius 1 is 0.969 bits per heavy atom. The van der Waals surface area contributed by atoms with Gasteiger partial charge >= 0.3 is 0 Å². The van der Waals surface area contributed by atoms with Gasteiger partial charge in [-0.05, 0) is 43.7 Å². The van der Waals surface area contributed by atoms with Crippen LogP contribution in [0.4, 0.5) is 5.69 Å². The molecule has 4 rings (SSSR count). The summed E-state index contributed by atoms with van der Waals surface area (Å²) in [5, 5.41) is 4.05. The number of nitrogens with one attached hydrogen (secondary N) is 1. The lowest BCUT2D eigenvalue weighted by atomic mass is 10.2. The summed E-state index contributed by atoms with van der Waals surface area (Å²) in [5.41, 5.74) is 2.57. The highest BCUT2D eigenvalue weighted by Gasteiger charge is 2.17. The van der Waals surface area contributed by atoms with E-state index in [2.05, 4.69) is 38.3 Å². The quantitative estimate of drug-likeness (QED) is 0.519. The van der Waals surface area contributed by atoms with Crippen molar-refractivity contribution in [3.8, 4) is 5.75 Å². The average Bonchev–Trinajstić information content (AvgIpc) is 2.86. The second kappa shape index (κ2) is 11.0. The first-order chi connectivity index (χ1) is 15.7. The minimum absolute atomic E-state index is 0.0931. The van der Waals surface area contributed by atoms with E-state index in [0.29, 0.717) is 12.2 Å². The summed E-state index contributed by atoms with van der Waals surface area (Å²) < 4.78 is 5.34. The van der Waals surface area contributed by atoms with Gasteiger partial charge in [0.25, 0.3) is 5.91 Å². The molecule has 1 amide bonds. The zero-order chi connectivity index (χ0) is 22.2. The van der Waals surface area contributed by atoms with E-state index in [4.69, 9.17) is 4.74 Å². The zero-order valence-electron chi connectivity index (χ0n) is 18.8. The maximum Gasteiger partial charge on any atom is 0.269 e. The van der Waals surface area contributed by atoms with Gasteiger partial charge in [-0.2, -0.15) is 0 Å². The first-order valence-electron chi connectivity index (χ1n) is 11.5. The molecule has 6 nitrogen and oxygen atoms in total. The SMILES string of the molecule is COc1cccc(N2CCN(CCCCCNC(=O)c3ccc4ccccc4n3)CC2)c1. The number of nitrogens with zero attached hydrogens (tertiary/aromatic N) is 3. The fourth-order valence-corrected chi connectivity index (χ4v) is 4.16. The Bertz CT molecular complexity index is 1030. The molecule has 1 N–H and O–H groups in total. The molecular formula is C26H32N4O2. The number of rotatable bonds is 9. The van der Waals surface area contributed by atoms with E-state index in [1.54, 1.807) is 13.2 Å². The standard InChI is InChI=1S/C26H32N4O2/c1-32-23-10-7-9-22(20-23)30-18-16-29(17-19-30)15-6-2-5-14-27-26(31)25-13-12-21-8-3-4-11-24(21)28-25/h3-4,7-13,20H,2,5-6,14-19H2,1H3,(H,27,31). The van der Waals surface area contributed by atoms with Gasteiger partial charge in [-0.25, -0.2) is 4.98 Å². The molecule has 0 atom stereocenters. The van der Waals surface area contributed by atoms with Gasteiger partial charge in [0.05, 0.1) is 12.6 Å². The van der Waals surface area contributed by atoms with Crippen LogP contribution >= 0.6 is 0 Å². The van der Waals surface area contributed by atoms with Crippen LogP contribution in [0.15, 0.2) is 60.7 Å². The summed E-state index contributed by atoms with van der Waals surface area (Å²) in [4.78, 5) is 21.8. The number of hydrogen-bond donors (Lipinski definition) is 1. The molecule has 2 aromatic carbocycles. The van der Waals surface area contributed by atoms with Gasteiger partial charge in [-0.1, -0.05) is 36.8 Å². The largest absolute Gasteiger partial charge is 0.497 e. The summed E-state index contributed by atoms with van der Waals surface area (Å²) in [6, 6.07) is 19.9. The van der Waals surface area contributed by atoms with Crippen LogP contribution in [0.1, 0.15) is 29.8 Å². The van der Waals surface area contributed by atoms with Crippen molar-refractivity contribution in [3.63, 3.8) is 0 Å². The first kappa shape index (κ1) is 22.1.